The van der Waals surface area contributed by atoms with Gasteiger partial charge in [0.2, 0.25) is 5.91 Å². The first-order chi connectivity index (χ1) is 7.47. The molecule has 88 valence electrons. The number of Topliss-reactive ketones (excluding diaryl/α,β-unsaturated/α-hetero) is 1. The Hall–Kier alpha value is -1.71. The van der Waals surface area contributed by atoms with E-state index in [1.54, 1.807) is 19.9 Å². The van der Waals surface area contributed by atoms with E-state index in [1.165, 1.54) is 6.08 Å². The molecule has 0 rings (SSSR count). The van der Waals surface area contributed by atoms with Crippen LogP contribution in [0.2, 0.25) is 0 Å². The highest BCUT2D eigenvalue weighted by Crippen LogP contribution is 1.93. The molecule has 0 saturated carbocycles. The Morgan fingerprint density at radius 1 is 1.25 bits per heavy atom. The van der Waals surface area contributed by atoms with Gasteiger partial charge >= 0.3 is 0 Å². The van der Waals surface area contributed by atoms with Crippen molar-refractivity contribution in [1.29, 1.82) is 0 Å². The molecule has 0 atom stereocenters. The lowest BCUT2D eigenvalue weighted by molar-refractivity contribution is -0.125. The summed E-state index contributed by atoms with van der Waals surface area (Å²) in [7, 11) is 0. The number of carbonyl (C=O) groups is 3. The fourth-order valence-corrected chi connectivity index (χ4v) is 0.924. The van der Waals surface area contributed by atoms with Crippen LogP contribution >= 0.6 is 0 Å². The van der Waals surface area contributed by atoms with Gasteiger partial charge in [-0.3, -0.25) is 14.4 Å². The number of ketones is 2. The van der Waals surface area contributed by atoms with E-state index in [2.05, 4.69) is 11.9 Å². The number of allylic oxidation sites excluding steroid dienone is 2. The molecule has 4 heteroatoms. The quantitative estimate of drug-likeness (QED) is 0.659. The summed E-state index contributed by atoms with van der Waals surface area (Å²) >= 11 is 0. The zero-order valence-electron chi connectivity index (χ0n) is 9.71. The van der Waals surface area contributed by atoms with Crippen molar-refractivity contribution in [2.75, 3.05) is 6.54 Å². The molecule has 0 heterocycles. The molecule has 0 aliphatic heterocycles. The molecule has 0 unspecified atom stereocenters. The number of hydrogen-bond donors (Lipinski definition) is 1. The van der Waals surface area contributed by atoms with Gasteiger partial charge in [0, 0.05) is 12.8 Å². The fraction of sp³-hybridized carbons (Fsp3) is 0.417. The second kappa shape index (κ2) is 7.56. The molecule has 0 fully saturated rings. The van der Waals surface area contributed by atoms with E-state index in [4.69, 9.17) is 0 Å². The highest BCUT2D eigenvalue weighted by Gasteiger charge is 2.07. The van der Waals surface area contributed by atoms with Crippen molar-refractivity contribution in [2.24, 2.45) is 0 Å². The van der Waals surface area contributed by atoms with E-state index >= 15 is 0 Å². The SMILES string of the molecule is C=C(C)C(=O)CNC(=O)CCC(=O)/C=C/C. The van der Waals surface area contributed by atoms with E-state index < -0.39 is 0 Å². The molecule has 1 amide bonds. The van der Waals surface area contributed by atoms with Crippen LogP contribution in [0, 0.1) is 0 Å². The van der Waals surface area contributed by atoms with E-state index in [0.717, 1.165) is 0 Å². The van der Waals surface area contributed by atoms with Gasteiger partial charge in [0.05, 0.1) is 6.54 Å². The highest BCUT2D eigenvalue weighted by molar-refractivity contribution is 5.98. The zero-order chi connectivity index (χ0) is 12.6. The average molecular weight is 223 g/mol. The maximum Gasteiger partial charge on any atom is 0.220 e. The molecular weight excluding hydrogens is 206 g/mol. The van der Waals surface area contributed by atoms with Crippen molar-refractivity contribution < 1.29 is 14.4 Å². The topological polar surface area (TPSA) is 63.2 Å². The smallest absolute Gasteiger partial charge is 0.220 e. The predicted molar refractivity (Wildman–Crippen MR) is 61.9 cm³/mol. The Balaban J connectivity index is 3.80. The highest BCUT2D eigenvalue weighted by atomic mass is 16.2. The third kappa shape index (κ3) is 6.70. The van der Waals surface area contributed by atoms with E-state index in [1.807, 2.05) is 0 Å². The van der Waals surface area contributed by atoms with Gasteiger partial charge in [-0.05, 0) is 25.5 Å². The maximum absolute atomic E-state index is 11.2. The van der Waals surface area contributed by atoms with Crippen molar-refractivity contribution >= 4 is 17.5 Å². The number of carbonyl (C=O) groups excluding carboxylic acids is 3. The lowest BCUT2D eigenvalue weighted by Gasteiger charge is -2.03. The number of rotatable bonds is 7. The van der Waals surface area contributed by atoms with Crippen LogP contribution in [-0.2, 0) is 14.4 Å². The van der Waals surface area contributed by atoms with Crippen LogP contribution in [0.1, 0.15) is 26.7 Å². The standard InChI is InChI=1S/C12H17NO3/c1-4-5-10(14)6-7-12(16)13-8-11(15)9(2)3/h4-5H,2,6-8H2,1,3H3,(H,13,16)/b5-4+. The normalized spacial score (nSPS) is 10.1. The molecular formula is C12H17NO3. The van der Waals surface area contributed by atoms with Gasteiger partial charge in [-0.2, -0.15) is 0 Å². The molecule has 1 N–H and O–H groups in total. The van der Waals surface area contributed by atoms with E-state index in [9.17, 15) is 14.4 Å². The first-order valence-corrected chi connectivity index (χ1v) is 5.08. The Morgan fingerprint density at radius 3 is 2.38 bits per heavy atom. The summed E-state index contributed by atoms with van der Waals surface area (Å²) in [6, 6.07) is 0. The minimum Gasteiger partial charge on any atom is -0.349 e. The minimum absolute atomic E-state index is 0.0496. The molecule has 0 spiro atoms. The van der Waals surface area contributed by atoms with E-state index in [0.29, 0.717) is 5.57 Å². The third-order valence-corrected chi connectivity index (χ3v) is 1.87. The molecule has 16 heavy (non-hydrogen) atoms. The molecule has 0 aliphatic carbocycles. The van der Waals surface area contributed by atoms with Gasteiger partial charge in [0.15, 0.2) is 11.6 Å². The Morgan fingerprint density at radius 2 is 1.88 bits per heavy atom. The molecule has 0 aromatic carbocycles. The van der Waals surface area contributed by atoms with Crippen LogP contribution in [0.25, 0.3) is 0 Å². The van der Waals surface area contributed by atoms with Gasteiger partial charge in [0.1, 0.15) is 0 Å². The van der Waals surface area contributed by atoms with Crippen molar-refractivity contribution in [3.63, 3.8) is 0 Å². The second-order valence-electron chi connectivity index (χ2n) is 3.45. The van der Waals surface area contributed by atoms with Crippen LogP contribution in [-0.4, -0.2) is 24.0 Å². The summed E-state index contributed by atoms with van der Waals surface area (Å²) in [5, 5.41) is 2.44. The lowest BCUT2D eigenvalue weighted by atomic mass is 10.2. The van der Waals surface area contributed by atoms with Gasteiger partial charge in [-0.1, -0.05) is 12.7 Å². The van der Waals surface area contributed by atoms with Gasteiger partial charge in [-0.25, -0.2) is 0 Å². The average Bonchev–Trinajstić information content (AvgIpc) is 2.23. The molecule has 4 nitrogen and oxygen atoms in total. The van der Waals surface area contributed by atoms with Crippen LogP contribution in [0.5, 0.6) is 0 Å². The second-order valence-corrected chi connectivity index (χ2v) is 3.45. The van der Waals surface area contributed by atoms with Crippen LogP contribution in [0.15, 0.2) is 24.3 Å². The fourth-order valence-electron chi connectivity index (χ4n) is 0.924. The van der Waals surface area contributed by atoms with Crippen molar-refractivity contribution in [1.82, 2.24) is 5.32 Å². The summed E-state index contributed by atoms with van der Waals surface area (Å²) in [6.45, 7) is 6.74. The summed E-state index contributed by atoms with van der Waals surface area (Å²) in [5.74, 6) is -0.593. The largest absolute Gasteiger partial charge is 0.349 e. The van der Waals surface area contributed by atoms with Crippen LogP contribution < -0.4 is 5.32 Å². The Bertz CT molecular complexity index is 329. The molecule has 0 aliphatic rings. The first kappa shape index (κ1) is 14.3. The van der Waals surface area contributed by atoms with Gasteiger partial charge in [0.25, 0.3) is 0 Å². The Kier molecular flexibility index (Phi) is 6.76. The predicted octanol–water partition coefficient (Wildman–Crippen LogP) is 1.17. The van der Waals surface area contributed by atoms with Crippen LogP contribution in [0.3, 0.4) is 0 Å². The molecule has 0 radical (unpaired) electrons. The van der Waals surface area contributed by atoms with E-state index in [-0.39, 0.29) is 36.9 Å². The van der Waals surface area contributed by atoms with Crippen molar-refractivity contribution in [3.05, 3.63) is 24.3 Å². The summed E-state index contributed by atoms with van der Waals surface area (Å²) < 4.78 is 0. The lowest BCUT2D eigenvalue weighted by Crippen LogP contribution is -2.29. The monoisotopic (exact) mass is 223 g/mol. The van der Waals surface area contributed by atoms with Crippen molar-refractivity contribution in [2.45, 2.75) is 26.7 Å². The third-order valence-electron chi connectivity index (χ3n) is 1.87. The molecule has 0 aromatic rings. The molecule has 0 bridgehead atoms. The zero-order valence-corrected chi connectivity index (χ0v) is 9.71. The van der Waals surface area contributed by atoms with Gasteiger partial charge < -0.3 is 5.32 Å². The number of hydrogen-bond acceptors (Lipinski definition) is 3. The molecule has 0 aromatic heterocycles. The maximum atomic E-state index is 11.2. The summed E-state index contributed by atoms with van der Waals surface area (Å²) in [5.41, 5.74) is 0.408. The first-order valence-electron chi connectivity index (χ1n) is 5.08. The van der Waals surface area contributed by atoms with Crippen LogP contribution in [0.4, 0.5) is 0 Å². The number of nitrogens with one attached hydrogen (secondary N) is 1. The van der Waals surface area contributed by atoms with Gasteiger partial charge in [-0.15, -0.1) is 0 Å². The Labute approximate surface area is 95.4 Å². The number of amides is 1. The summed E-state index contributed by atoms with van der Waals surface area (Å²) in [6.07, 6.45) is 3.32. The molecule has 0 saturated heterocycles. The minimum atomic E-state index is -0.299. The summed E-state index contributed by atoms with van der Waals surface area (Å²) in [4.78, 5) is 33.4. The van der Waals surface area contributed by atoms with Crippen molar-refractivity contribution in [3.8, 4) is 0 Å².